The summed E-state index contributed by atoms with van der Waals surface area (Å²) in [6, 6.07) is 1.69. The van der Waals surface area contributed by atoms with Crippen LogP contribution in [0.2, 0.25) is 5.02 Å². The Morgan fingerprint density at radius 3 is 2.88 bits per heavy atom. The Kier molecular flexibility index (Phi) is 3.50. The molecule has 1 atom stereocenters. The van der Waals surface area contributed by atoms with Crippen molar-refractivity contribution in [2.24, 2.45) is 0 Å². The van der Waals surface area contributed by atoms with E-state index in [0.29, 0.717) is 5.02 Å². The van der Waals surface area contributed by atoms with Crippen LogP contribution < -0.4 is 5.32 Å². The van der Waals surface area contributed by atoms with Crippen LogP contribution in [-0.2, 0) is 6.42 Å². The van der Waals surface area contributed by atoms with Crippen molar-refractivity contribution < 1.29 is 4.39 Å². The zero-order valence-corrected chi connectivity index (χ0v) is 10.5. The minimum Gasteiger partial charge on any atom is -0.313 e. The van der Waals surface area contributed by atoms with Gasteiger partial charge in [0.25, 0.3) is 0 Å². The maximum atomic E-state index is 13.7. The Morgan fingerprint density at radius 1 is 1.44 bits per heavy atom. The summed E-state index contributed by atoms with van der Waals surface area (Å²) >= 11 is 6.15. The van der Waals surface area contributed by atoms with Crippen molar-refractivity contribution >= 4 is 11.6 Å². The molecule has 0 spiro atoms. The van der Waals surface area contributed by atoms with Gasteiger partial charge in [-0.2, -0.15) is 0 Å². The fourth-order valence-electron chi connectivity index (χ4n) is 2.60. The van der Waals surface area contributed by atoms with Gasteiger partial charge in [0, 0.05) is 11.1 Å². The second-order valence-corrected chi connectivity index (χ2v) is 4.85. The molecule has 1 N–H and O–H groups in total. The third-order valence-corrected chi connectivity index (χ3v) is 3.83. The number of nitrogens with one attached hydrogen (secondary N) is 1. The molecule has 88 valence electrons. The van der Waals surface area contributed by atoms with Gasteiger partial charge in [-0.15, -0.1) is 0 Å². The fourth-order valence-corrected chi connectivity index (χ4v) is 2.89. The van der Waals surface area contributed by atoms with Gasteiger partial charge >= 0.3 is 0 Å². The van der Waals surface area contributed by atoms with Gasteiger partial charge in [0.05, 0.1) is 0 Å². The molecule has 1 aliphatic carbocycles. The van der Waals surface area contributed by atoms with Crippen molar-refractivity contribution in [2.45, 2.75) is 38.6 Å². The Balaban J connectivity index is 2.61. The predicted molar refractivity (Wildman–Crippen MR) is 65.5 cm³/mol. The SMILES string of the molecule is CNC1CCCCc2c(Cl)cc(F)c(C)c21. The summed E-state index contributed by atoms with van der Waals surface area (Å²) in [7, 11) is 1.93. The summed E-state index contributed by atoms with van der Waals surface area (Å²) in [6.07, 6.45) is 4.32. The zero-order valence-electron chi connectivity index (χ0n) is 9.74. The van der Waals surface area contributed by atoms with Gasteiger partial charge in [0.15, 0.2) is 0 Å². The van der Waals surface area contributed by atoms with E-state index in [0.717, 1.165) is 42.4 Å². The number of rotatable bonds is 1. The molecule has 0 saturated carbocycles. The molecular formula is C13H17ClFN. The van der Waals surface area contributed by atoms with E-state index >= 15 is 0 Å². The van der Waals surface area contributed by atoms with Gasteiger partial charge < -0.3 is 5.32 Å². The van der Waals surface area contributed by atoms with Crippen LogP contribution in [0.3, 0.4) is 0 Å². The minimum atomic E-state index is -0.189. The lowest BCUT2D eigenvalue weighted by Crippen LogP contribution is -2.18. The highest BCUT2D eigenvalue weighted by Crippen LogP contribution is 2.36. The van der Waals surface area contributed by atoms with Gasteiger partial charge in [-0.05, 0) is 56.0 Å². The molecule has 0 saturated heterocycles. The van der Waals surface area contributed by atoms with Crippen LogP contribution in [0.15, 0.2) is 6.07 Å². The summed E-state index contributed by atoms with van der Waals surface area (Å²) in [5, 5.41) is 3.85. The Hall–Kier alpha value is -0.600. The van der Waals surface area contributed by atoms with Crippen LogP contribution in [-0.4, -0.2) is 7.05 Å². The Labute approximate surface area is 101 Å². The number of halogens is 2. The molecule has 1 nitrogen and oxygen atoms in total. The molecule has 0 aromatic heterocycles. The highest BCUT2D eigenvalue weighted by molar-refractivity contribution is 6.31. The molecule has 0 radical (unpaired) electrons. The second kappa shape index (κ2) is 4.72. The van der Waals surface area contributed by atoms with Crippen molar-refractivity contribution in [3.05, 3.63) is 33.6 Å². The average Bonchev–Trinajstić information content (AvgIpc) is 2.48. The lowest BCUT2D eigenvalue weighted by atomic mass is 9.94. The van der Waals surface area contributed by atoms with E-state index in [4.69, 9.17) is 11.6 Å². The number of hydrogen-bond donors (Lipinski definition) is 1. The number of hydrogen-bond acceptors (Lipinski definition) is 1. The topological polar surface area (TPSA) is 12.0 Å². The van der Waals surface area contributed by atoms with Crippen LogP contribution >= 0.6 is 11.6 Å². The quantitative estimate of drug-likeness (QED) is 0.738. The fraction of sp³-hybridized carbons (Fsp3) is 0.538. The Bertz CT molecular complexity index is 403. The highest BCUT2D eigenvalue weighted by Gasteiger charge is 2.23. The van der Waals surface area contributed by atoms with Crippen molar-refractivity contribution in [2.75, 3.05) is 7.05 Å². The summed E-state index contributed by atoms with van der Waals surface area (Å²) in [5.74, 6) is -0.189. The van der Waals surface area contributed by atoms with Crippen molar-refractivity contribution in [1.29, 1.82) is 0 Å². The molecule has 3 heteroatoms. The van der Waals surface area contributed by atoms with Gasteiger partial charge in [-0.25, -0.2) is 4.39 Å². The molecular weight excluding hydrogens is 225 g/mol. The molecule has 1 unspecified atom stereocenters. The summed E-state index contributed by atoms with van der Waals surface area (Å²) in [5.41, 5.74) is 2.98. The zero-order chi connectivity index (χ0) is 11.7. The normalized spacial score (nSPS) is 20.4. The molecule has 1 aromatic carbocycles. The Morgan fingerprint density at radius 2 is 2.19 bits per heavy atom. The second-order valence-electron chi connectivity index (χ2n) is 4.44. The van der Waals surface area contributed by atoms with Crippen molar-refractivity contribution in [3.8, 4) is 0 Å². The van der Waals surface area contributed by atoms with E-state index in [9.17, 15) is 4.39 Å². The molecule has 2 rings (SSSR count). The maximum Gasteiger partial charge on any atom is 0.127 e. The van der Waals surface area contributed by atoms with Gasteiger partial charge in [-0.1, -0.05) is 18.0 Å². The first kappa shape index (κ1) is 11.9. The smallest absolute Gasteiger partial charge is 0.127 e. The first-order chi connectivity index (χ1) is 7.65. The largest absolute Gasteiger partial charge is 0.313 e. The summed E-state index contributed by atoms with van der Waals surface area (Å²) < 4.78 is 13.7. The monoisotopic (exact) mass is 241 g/mol. The van der Waals surface area contributed by atoms with Gasteiger partial charge in [0.2, 0.25) is 0 Å². The van der Waals surface area contributed by atoms with Crippen molar-refractivity contribution in [3.63, 3.8) is 0 Å². The first-order valence-electron chi connectivity index (χ1n) is 5.79. The molecule has 0 bridgehead atoms. The van der Waals surface area contributed by atoms with E-state index in [1.165, 1.54) is 6.07 Å². The first-order valence-corrected chi connectivity index (χ1v) is 6.17. The molecule has 0 heterocycles. The predicted octanol–water partition coefficient (Wildman–Crippen LogP) is 3.77. The number of fused-ring (bicyclic) bond motifs is 1. The van der Waals surface area contributed by atoms with Crippen LogP contribution in [0, 0.1) is 12.7 Å². The van der Waals surface area contributed by atoms with E-state index in [1.807, 2.05) is 14.0 Å². The van der Waals surface area contributed by atoms with Gasteiger partial charge in [0.1, 0.15) is 5.82 Å². The molecule has 1 aliphatic rings. The van der Waals surface area contributed by atoms with Crippen LogP contribution in [0.25, 0.3) is 0 Å². The lowest BCUT2D eigenvalue weighted by molar-refractivity contribution is 0.525. The van der Waals surface area contributed by atoms with E-state index in [2.05, 4.69) is 5.32 Å². The lowest BCUT2D eigenvalue weighted by Gasteiger charge is -2.20. The van der Waals surface area contributed by atoms with Crippen LogP contribution in [0.4, 0.5) is 4.39 Å². The number of benzene rings is 1. The van der Waals surface area contributed by atoms with Crippen molar-refractivity contribution in [1.82, 2.24) is 5.32 Å². The van der Waals surface area contributed by atoms with Crippen LogP contribution in [0.1, 0.15) is 42.0 Å². The third kappa shape index (κ3) is 1.96. The summed E-state index contributed by atoms with van der Waals surface area (Å²) in [4.78, 5) is 0. The standard InChI is InChI=1S/C13H17ClFN/c1-8-11(15)7-10(14)9-5-3-4-6-12(16-2)13(8)9/h7,12,16H,3-6H2,1-2H3. The molecule has 0 fully saturated rings. The van der Waals surface area contributed by atoms with Gasteiger partial charge in [-0.3, -0.25) is 0 Å². The van der Waals surface area contributed by atoms with E-state index in [-0.39, 0.29) is 11.9 Å². The average molecular weight is 242 g/mol. The third-order valence-electron chi connectivity index (χ3n) is 3.50. The van der Waals surface area contributed by atoms with E-state index in [1.54, 1.807) is 0 Å². The molecule has 1 aromatic rings. The molecule has 16 heavy (non-hydrogen) atoms. The molecule has 0 aliphatic heterocycles. The summed E-state index contributed by atoms with van der Waals surface area (Å²) in [6.45, 7) is 1.85. The minimum absolute atomic E-state index is 0.189. The van der Waals surface area contributed by atoms with Crippen LogP contribution in [0.5, 0.6) is 0 Å². The van der Waals surface area contributed by atoms with E-state index < -0.39 is 0 Å². The molecule has 0 amide bonds. The highest BCUT2D eigenvalue weighted by atomic mass is 35.5. The maximum absolute atomic E-state index is 13.7.